The highest BCUT2D eigenvalue weighted by Gasteiger charge is 2.30. The fraction of sp³-hybridized carbons (Fsp3) is 0.158. The van der Waals surface area contributed by atoms with Gasteiger partial charge in [-0.25, -0.2) is 9.66 Å². The first-order valence-corrected chi connectivity index (χ1v) is 8.03. The van der Waals surface area contributed by atoms with Crippen LogP contribution >= 0.6 is 0 Å². The van der Waals surface area contributed by atoms with Gasteiger partial charge in [-0.1, -0.05) is 6.07 Å². The molecule has 2 aromatic heterocycles. The molecule has 0 saturated carbocycles. The molecule has 7 heteroatoms. The normalized spacial score (nSPS) is 14.2. The number of halogens is 3. The Kier molecular flexibility index (Phi) is 3.79. The number of imidazole rings is 1. The number of fused-ring (bicyclic) bond motifs is 1. The van der Waals surface area contributed by atoms with Gasteiger partial charge in [0.05, 0.1) is 35.4 Å². The number of hydrogen-bond donors (Lipinski definition) is 0. The molecule has 0 saturated heterocycles. The van der Waals surface area contributed by atoms with E-state index < -0.39 is 11.7 Å². The fourth-order valence-electron chi connectivity index (χ4n) is 3.07. The van der Waals surface area contributed by atoms with Gasteiger partial charge in [0.15, 0.2) is 0 Å². The average molecular weight is 356 g/mol. The van der Waals surface area contributed by atoms with Crippen molar-refractivity contribution in [3.63, 3.8) is 0 Å². The molecule has 0 unspecified atom stereocenters. The first kappa shape index (κ1) is 16.4. The summed E-state index contributed by atoms with van der Waals surface area (Å²) in [4.78, 5) is 8.62. The second-order valence-corrected chi connectivity index (χ2v) is 6.10. The summed E-state index contributed by atoms with van der Waals surface area (Å²) >= 11 is 0. The lowest BCUT2D eigenvalue weighted by Crippen LogP contribution is -2.34. The summed E-state index contributed by atoms with van der Waals surface area (Å²) in [6, 6.07) is 8.99. The number of anilines is 1. The van der Waals surface area contributed by atoms with Crippen LogP contribution in [-0.4, -0.2) is 21.2 Å². The lowest BCUT2D eigenvalue weighted by Gasteiger charge is -2.31. The van der Waals surface area contributed by atoms with Crippen LogP contribution in [0.4, 0.5) is 18.9 Å². The van der Waals surface area contributed by atoms with E-state index >= 15 is 0 Å². The van der Waals surface area contributed by atoms with Crippen molar-refractivity contribution in [2.24, 2.45) is 0 Å². The van der Waals surface area contributed by atoms with E-state index in [1.165, 1.54) is 12.1 Å². The Labute approximate surface area is 148 Å². The van der Waals surface area contributed by atoms with E-state index in [-0.39, 0.29) is 0 Å². The summed E-state index contributed by atoms with van der Waals surface area (Å²) < 4.78 is 40.3. The van der Waals surface area contributed by atoms with E-state index in [9.17, 15) is 13.2 Å². The van der Waals surface area contributed by atoms with Crippen molar-refractivity contribution in [1.82, 2.24) is 14.6 Å². The number of aromatic nitrogens is 3. The van der Waals surface area contributed by atoms with Crippen molar-refractivity contribution >= 4 is 17.3 Å². The molecule has 4 rings (SSSR count). The van der Waals surface area contributed by atoms with Crippen molar-refractivity contribution < 1.29 is 13.2 Å². The van der Waals surface area contributed by atoms with Gasteiger partial charge in [0.25, 0.3) is 0 Å². The summed E-state index contributed by atoms with van der Waals surface area (Å²) in [6.07, 6.45) is 2.75. The molecule has 0 amide bonds. The number of hydrogen-bond acceptors (Lipinski definition) is 3. The number of benzene rings is 1. The van der Waals surface area contributed by atoms with Crippen LogP contribution in [0.15, 0.2) is 55.1 Å². The van der Waals surface area contributed by atoms with Gasteiger partial charge < -0.3 is 0 Å². The molecule has 3 heterocycles. The van der Waals surface area contributed by atoms with Crippen LogP contribution in [0.25, 0.3) is 11.6 Å². The lowest BCUT2D eigenvalue weighted by molar-refractivity contribution is -0.137. The molecule has 132 valence electrons. The van der Waals surface area contributed by atoms with Gasteiger partial charge in [-0.15, -0.1) is 0 Å². The largest absolute Gasteiger partial charge is 0.416 e. The van der Waals surface area contributed by atoms with E-state index in [4.69, 9.17) is 0 Å². The first-order chi connectivity index (χ1) is 12.4. The van der Waals surface area contributed by atoms with Gasteiger partial charge in [-0.05, 0) is 48.9 Å². The Balaban J connectivity index is 1.74. The minimum absolute atomic E-state index is 0.479. The molecule has 1 aromatic carbocycles. The first-order valence-electron chi connectivity index (χ1n) is 8.03. The summed E-state index contributed by atoms with van der Waals surface area (Å²) in [5, 5.41) is 1.88. The zero-order valence-electron chi connectivity index (χ0n) is 13.9. The molecule has 0 atom stereocenters. The summed E-state index contributed by atoms with van der Waals surface area (Å²) in [7, 11) is 0. The van der Waals surface area contributed by atoms with E-state index in [1.807, 2.05) is 34.8 Å². The summed E-state index contributed by atoms with van der Waals surface area (Å²) in [6.45, 7) is 2.46. The molecule has 26 heavy (non-hydrogen) atoms. The van der Waals surface area contributed by atoms with Crippen molar-refractivity contribution in [1.29, 1.82) is 0 Å². The fourth-order valence-corrected chi connectivity index (χ4v) is 3.07. The molecule has 0 aliphatic carbocycles. The molecular formula is C19H15F3N4. The lowest BCUT2D eigenvalue weighted by atomic mass is 10.0. The molecule has 1 aliphatic heterocycles. The van der Waals surface area contributed by atoms with Crippen LogP contribution in [0, 0.1) is 6.92 Å². The Morgan fingerprint density at radius 1 is 1.08 bits per heavy atom. The molecular weight excluding hydrogens is 341 g/mol. The van der Waals surface area contributed by atoms with Crippen LogP contribution in [0.5, 0.6) is 0 Å². The molecule has 0 bridgehead atoms. The van der Waals surface area contributed by atoms with E-state index in [1.54, 1.807) is 18.7 Å². The second kappa shape index (κ2) is 6.01. The van der Waals surface area contributed by atoms with Crippen LogP contribution < -0.4 is 5.01 Å². The van der Waals surface area contributed by atoms with Crippen molar-refractivity contribution in [3.05, 3.63) is 77.6 Å². The topological polar surface area (TPSA) is 34.0 Å². The maximum atomic E-state index is 12.8. The minimum atomic E-state index is -4.35. The Morgan fingerprint density at radius 2 is 1.85 bits per heavy atom. The standard InChI is InChI=1S/C19H15F3N4/c1-13-3-2-8-24-18(13)14-9-17-10-23-12-26(17)25(11-14)16-6-4-15(5-7-16)19(20,21)22/h2-10,12H,11H2,1H3. The number of pyridine rings is 1. The zero-order chi connectivity index (χ0) is 18.3. The third-order valence-electron chi connectivity index (χ3n) is 4.36. The smallest absolute Gasteiger partial charge is 0.275 e. The number of nitrogens with zero attached hydrogens (tertiary/aromatic N) is 4. The van der Waals surface area contributed by atoms with Crippen LogP contribution in [0.1, 0.15) is 22.5 Å². The Hall–Kier alpha value is -3.09. The molecule has 0 N–H and O–H groups in total. The van der Waals surface area contributed by atoms with Crippen molar-refractivity contribution in [3.8, 4) is 0 Å². The van der Waals surface area contributed by atoms with Crippen molar-refractivity contribution in [2.75, 3.05) is 11.6 Å². The van der Waals surface area contributed by atoms with Gasteiger partial charge in [0, 0.05) is 11.8 Å². The van der Waals surface area contributed by atoms with E-state index in [0.29, 0.717) is 12.2 Å². The third-order valence-corrected chi connectivity index (χ3v) is 4.36. The number of alkyl halides is 3. The highest BCUT2D eigenvalue weighted by molar-refractivity contribution is 5.84. The summed E-state index contributed by atoms with van der Waals surface area (Å²) in [5.74, 6) is 0. The SMILES string of the molecule is Cc1cccnc1C1=Cc2cncn2N(c2ccc(C(F)(F)F)cc2)C1. The molecule has 1 aliphatic rings. The van der Waals surface area contributed by atoms with Gasteiger partial charge in [-0.2, -0.15) is 13.2 Å². The second-order valence-electron chi connectivity index (χ2n) is 6.10. The number of aryl methyl sites for hydroxylation is 1. The zero-order valence-corrected chi connectivity index (χ0v) is 13.9. The Morgan fingerprint density at radius 3 is 2.54 bits per heavy atom. The molecule has 0 fully saturated rings. The highest BCUT2D eigenvalue weighted by atomic mass is 19.4. The molecule has 4 nitrogen and oxygen atoms in total. The van der Waals surface area contributed by atoms with Gasteiger partial charge in [-0.3, -0.25) is 9.99 Å². The Bertz CT molecular complexity index is 971. The van der Waals surface area contributed by atoms with Crippen LogP contribution in [0.2, 0.25) is 0 Å². The number of rotatable bonds is 2. The predicted molar refractivity (Wildman–Crippen MR) is 93.3 cm³/mol. The third kappa shape index (κ3) is 2.85. The van der Waals surface area contributed by atoms with E-state index in [0.717, 1.165) is 34.7 Å². The molecule has 0 spiro atoms. The van der Waals surface area contributed by atoms with Gasteiger partial charge >= 0.3 is 6.18 Å². The average Bonchev–Trinajstić information content (AvgIpc) is 3.09. The van der Waals surface area contributed by atoms with Crippen LogP contribution in [0.3, 0.4) is 0 Å². The predicted octanol–water partition coefficient (Wildman–Crippen LogP) is 4.43. The molecule has 3 aromatic rings. The van der Waals surface area contributed by atoms with E-state index in [2.05, 4.69) is 9.97 Å². The van der Waals surface area contributed by atoms with Crippen molar-refractivity contribution in [2.45, 2.75) is 13.1 Å². The maximum Gasteiger partial charge on any atom is 0.416 e. The molecule has 0 radical (unpaired) electrons. The van der Waals surface area contributed by atoms with Gasteiger partial charge in [0.2, 0.25) is 0 Å². The monoisotopic (exact) mass is 356 g/mol. The van der Waals surface area contributed by atoms with Crippen LogP contribution in [-0.2, 0) is 6.18 Å². The highest BCUT2D eigenvalue weighted by Crippen LogP contribution is 2.33. The van der Waals surface area contributed by atoms with Gasteiger partial charge in [0.1, 0.15) is 6.33 Å². The quantitative estimate of drug-likeness (QED) is 0.681. The summed E-state index contributed by atoms with van der Waals surface area (Å²) in [5.41, 5.74) is 3.72. The maximum absolute atomic E-state index is 12.8. The minimum Gasteiger partial charge on any atom is -0.275 e.